The summed E-state index contributed by atoms with van der Waals surface area (Å²) in [4.78, 5) is 16.2. The highest BCUT2D eigenvalue weighted by Crippen LogP contribution is 2.41. The fraction of sp³-hybridized carbons (Fsp3) is 0. The average Bonchev–Trinajstić information content (AvgIpc) is 3.99. The summed E-state index contributed by atoms with van der Waals surface area (Å²) in [5, 5.41) is 34.1. The van der Waals surface area contributed by atoms with E-state index in [9.17, 15) is 15.8 Å². The molecule has 0 unspecified atom stereocenters. The van der Waals surface area contributed by atoms with Gasteiger partial charge in [-0.15, -0.1) is 0 Å². The summed E-state index contributed by atoms with van der Waals surface area (Å²) in [7, 11) is 0. The van der Waals surface area contributed by atoms with Gasteiger partial charge in [-0.25, -0.2) is 15.0 Å². The number of benzene rings is 10. The molecule has 3 aromatic heterocycles. The van der Waals surface area contributed by atoms with Crippen LogP contribution in [0, 0.1) is 34.0 Å². The molecule has 74 heavy (non-hydrogen) atoms. The predicted octanol–water partition coefficient (Wildman–Crippen LogP) is 15.7. The van der Waals surface area contributed by atoms with Crippen LogP contribution in [0.2, 0.25) is 0 Å². The third kappa shape index (κ3) is 7.42. The van der Waals surface area contributed by atoms with Crippen LogP contribution in [0.3, 0.4) is 0 Å². The van der Waals surface area contributed by atoms with Gasteiger partial charge in [0.15, 0.2) is 17.5 Å². The van der Waals surface area contributed by atoms with Gasteiger partial charge in [0.25, 0.3) is 0 Å². The second kappa shape index (κ2) is 17.9. The normalized spacial score (nSPS) is 11.2. The molecule has 0 fully saturated rings. The van der Waals surface area contributed by atoms with E-state index in [1.165, 1.54) is 0 Å². The SMILES string of the molecule is N#Cc1ccc(-c2ccc(-c3nc(-c4ccc(-n5c6ccccc6c6ccccc65)c(-c5cccc(C#N)c5)c4)nc(-c4cc(-c5cccc(C#N)c5)ccc4-n4c5ccccc5c5ccccc54)n3)cc2)cc1. The van der Waals surface area contributed by atoms with Crippen molar-refractivity contribution in [1.29, 1.82) is 15.8 Å². The molecule has 0 N–H and O–H groups in total. The Hall–Kier alpha value is -10.7. The van der Waals surface area contributed by atoms with Gasteiger partial charge in [0.1, 0.15) is 0 Å². The molecule has 8 heteroatoms. The Morgan fingerprint density at radius 1 is 0.270 bits per heavy atom. The van der Waals surface area contributed by atoms with Crippen molar-refractivity contribution in [2.75, 3.05) is 0 Å². The summed E-state index contributed by atoms with van der Waals surface area (Å²) in [5.74, 6) is 1.38. The molecule has 13 rings (SSSR count). The molecule has 0 radical (unpaired) electrons. The summed E-state index contributed by atoms with van der Waals surface area (Å²) in [6.07, 6.45) is 0. The van der Waals surface area contributed by atoms with Crippen LogP contribution in [-0.4, -0.2) is 24.1 Å². The van der Waals surface area contributed by atoms with Crippen LogP contribution in [0.1, 0.15) is 16.7 Å². The predicted molar refractivity (Wildman–Crippen MR) is 295 cm³/mol. The van der Waals surface area contributed by atoms with Gasteiger partial charge in [-0.2, -0.15) is 15.8 Å². The van der Waals surface area contributed by atoms with Crippen molar-refractivity contribution in [1.82, 2.24) is 24.1 Å². The van der Waals surface area contributed by atoms with Crippen molar-refractivity contribution in [3.05, 3.63) is 247 Å². The minimum absolute atomic E-state index is 0.454. The van der Waals surface area contributed by atoms with E-state index in [2.05, 4.69) is 161 Å². The fourth-order valence-electron chi connectivity index (χ4n) is 10.4. The van der Waals surface area contributed by atoms with Gasteiger partial charge in [0.05, 0.1) is 68.3 Å². The third-order valence-corrected chi connectivity index (χ3v) is 13.9. The molecule has 8 nitrogen and oxygen atoms in total. The number of nitriles is 3. The highest BCUT2D eigenvalue weighted by Gasteiger charge is 2.23. The molecule has 0 saturated carbocycles. The number of hydrogen-bond acceptors (Lipinski definition) is 6. The van der Waals surface area contributed by atoms with Crippen molar-refractivity contribution in [3.8, 4) is 97.1 Å². The number of rotatable bonds is 8. The molecular weight excluding hydrogens is 905 g/mol. The quantitative estimate of drug-likeness (QED) is 0.150. The lowest BCUT2D eigenvalue weighted by Crippen LogP contribution is -2.04. The van der Waals surface area contributed by atoms with Gasteiger partial charge in [-0.1, -0.05) is 140 Å². The van der Waals surface area contributed by atoms with E-state index in [-0.39, 0.29) is 0 Å². The smallest absolute Gasteiger partial charge is 0.166 e. The third-order valence-electron chi connectivity index (χ3n) is 13.9. The molecule has 0 saturated heterocycles. The highest BCUT2D eigenvalue weighted by atomic mass is 15.1. The van der Waals surface area contributed by atoms with Crippen LogP contribution in [0.25, 0.3) is 123 Å². The first-order valence-corrected chi connectivity index (χ1v) is 24.2. The second-order valence-corrected chi connectivity index (χ2v) is 18.2. The number of hydrogen-bond donors (Lipinski definition) is 0. The van der Waals surface area contributed by atoms with Gasteiger partial charge in [-0.3, -0.25) is 0 Å². The number of aromatic nitrogens is 5. The number of fused-ring (bicyclic) bond motifs is 6. The first-order valence-electron chi connectivity index (χ1n) is 24.2. The summed E-state index contributed by atoms with van der Waals surface area (Å²) < 4.78 is 4.58. The van der Waals surface area contributed by atoms with Crippen LogP contribution >= 0.6 is 0 Å². The Balaban J connectivity index is 1.08. The minimum atomic E-state index is 0.454. The summed E-state index contributed by atoms with van der Waals surface area (Å²) in [6, 6.07) is 84.4. The summed E-state index contributed by atoms with van der Waals surface area (Å²) >= 11 is 0. The average molecular weight is 943 g/mol. The van der Waals surface area contributed by atoms with E-state index in [0.717, 1.165) is 105 Å². The van der Waals surface area contributed by atoms with E-state index < -0.39 is 0 Å². The van der Waals surface area contributed by atoms with E-state index in [1.807, 2.05) is 97.1 Å². The molecule has 0 aliphatic heterocycles. The molecule has 10 aromatic carbocycles. The Labute approximate surface area is 425 Å². The lowest BCUT2D eigenvalue weighted by Gasteiger charge is -2.18. The van der Waals surface area contributed by atoms with Crippen LogP contribution in [0.5, 0.6) is 0 Å². The molecule has 0 bridgehead atoms. The monoisotopic (exact) mass is 942 g/mol. The van der Waals surface area contributed by atoms with E-state index in [1.54, 1.807) is 0 Å². The largest absolute Gasteiger partial charge is 0.309 e. The standard InChI is InChI=1S/C66H38N8/c67-39-42-23-25-45(26-24-42)46-27-29-47(30-28-46)64-70-65(51-32-34-62(56(38-51)50-14-10-12-44(36-50)41-69)73-58-19-5-1-15-52(58)53-16-2-6-20-59(53)73)72-66(71-64)57-37-49(48-13-9-11-43(35-48)40-68)31-33-63(57)74-60-21-7-3-17-54(60)55-18-4-8-22-61(55)74/h1-38H. The van der Waals surface area contributed by atoms with Gasteiger partial charge in [-0.05, 0) is 119 Å². The Bertz CT molecular complexity index is 4410. The van der Waals surface area contributed by atoms with Crippen LogP contribution < -0.4 is 0 Å². The van der Waals surface area contributed by atoms with Crippen LogP contribution in [-0.2, 0) is 0 Å². The maximum absolute atomic E-state index is 10.2. The molecule has 342 valence electrons. The number of para-hydroxylation sites is 4. The molecule has 0 aliphatic carbocycles. The zero-order valence-electron chi connectivity index (χ0n) is 39.5. The zero-order chi connectivity index (χ0) is 49.7. The Kier molecular flexibility index (Phi) is 10.5. The lowest BCUT2D eigenvalue weighted by atomic mass is 9.98. The first-order chi connectivity index (χ1) is 36.5. The van der Waals surface area contributed by atoms with Crippen molar-refractivity contribution in [3.63, 3.8) is 0 Å². The van der Waals surface area contributed by atoms with Crippen molar-refractivity contribution in [2.45, 2.75) is 0 Å². The minimum Gasteiger partial charge on any atom is -0.309 e. The Morgan fingerprint density at radius 2 is 0.649 bits per heavy atom. The van der Waals surface area contributed by atoms with Crippen molar-refractivity contribution in [2.24, 2.45) is 0 Å². The van der Waals surface area contributed by atoms with Crippen LogP contribution in [0.15, 0.2) is 231 Å². The van der Waals surface area contributed by atoms with Gasteiger partial charge in [0.2, 0.25) is 0 Å². The molecular formula is C66H38N8. The van der Waals surface area contributed by atoms with E-state index in [0.29, 0.717) is 34.2 Å². The zero-order valence-corrected chi connectivity index (χ0v) is 39.5. The first kappa shape index (κ1) is 43.3. The topological polar surface area (TPSA) is 120 Å². The maximum atomic E-state index is 10.2. The van der Waals surface area contributed by atoms with E-state index in [4.69, 9.17) is 15.0 Å². The van der Waals surface area contributed by atoms with Crippen molar-refractivity contribution < 1.29 is 0 Å². The molecule has 0 spiro atoms. The maximum Gasteiger partial charge on any atom is 0.166 e. The van der Waals surface area contributed by atoms with Gasteiger partial charge in [0, 0.05) is 43.8 Å². The lowest BCUT2D eigenvalue weighted by molar-refractivity contribution is 1.06. The molecule has 0 atom stereocenters. The number of nitrogens with zero attached hydrogens (tertiary/aromatic N) is 8. The van der Waals surface area contributed by atoms with Crippen LogP contribution in [0.4, 0.5) is 0 Å². The Morgan fingerprint density at radius 3 is 1.18 bits per heavy atom. The highest BCUT2D eigenvalue weighted by molar-refractivity contribution is 6.11. The second-order valence-electron chi connectivity index (χ2n) is 18.2. The van der Waals surface area contributed by atoms with E-state index >= 15 is 0 Å². The molecule has 0 amide bonds. The fourth-order valence-corrected chi connectivity index (χ4v) is 10.4. The summed E-state index contributed by atoms with van der Waals surface area (Å²) in [6.45, 7) is 0. The molecule has 13 aromatic rings. The van der Waals surface area contributed by atoms with Gasteiger partial charge < -0.3 is 9.13 Å². The van der Waals surface area contributed by atoms with Gasteiger partial charge >= 0.3 is 0 Å². The molecule has 3 heterocycles. The summed E-state index contributed by atoms with van der Waals surface area (Å²) in [5.41, 5.74) is 15.5. The van der Waals surface area contributed by atoms with Crippen molar-refractivity contribution >= 4 is 43.6 Å². The molecule has 0 aliphatic rings.